The fraction of sp³-hybridized carbons (Fsp3) is 0.538. The fourth-order valence-corrected chi connectivity index (χ4v) is 4.78. The molecule has 36 heavy (non-hydrogen) atoms. The zero-order valence-electron chi connectivity index (χ0n) is 20.6. The van der Waals surface area contributed by atoms with Crippen LogP contribution in [0.1, 0.15) is 43.4 Å². The van der Waals surface area contributed by atoms with Crippen molar-refractivity contribution in [2.75, 3.05) is 43.5 Å². The number of aliphatic hydroxyl groups excluding tert-OH is 1. The molecule has 0 aliphatic carbocycles. The predicted octanol–water partition coefficient (Wildman–Crippen LogP) is 5.16. The van der Waals surface area contributed by atoms with Gasteiger partial charge in [-0.2, -0.15) is 13.2 Å². The van der Waals surface area contributed by atoms with E-state index in [2.05, 4.69) is 10.6 Å². The van der Waals surface area contributed by atoms with Crippen LogP contribution < -0.4 is 10.6 Å². The van der Waals surface area contributed by atoms with Crippen LogP contribution in [0.5, 0.6) is 0 Å². The molecule has 7 nitrogen and oxygen atoms in total. The number of likely N-dealkylation sites (tertiary alicyclic amines) is 1. The molecule has 2 saturated heterocycles. The number of urea groups is 1. The number of nitrogens with zero attached hydrogens (tertiary/aromatic N) is 2. The Morgan fingerprint density at radius 2 is 2.08 bits per heavy atom. The van der Waals surface area contributed by atoms with Crippen LogP contribution in [0.3, 0.4) is 0 Å². The number of aliphatic hydroxyl groups is 1. The highest BCUT2D eigenvalue weighted by Crippen LogP contribution is 2.34. The average molecular weight is 507 g/mol. The topological polar surface area (TPSA) is 86.7 Å². The maximum Gasteiger partial charge on any atom is 0.389 e. The van der Waals surface area contributed by atoms with Crippen LogP contribution >= 0.6 is 0 Å². The third-order valence-electron chi connectivity index (χ3n) is 6.75. The number of hydrogen-bond donors (Lipinski definition) is 3. The third kappa shape index (κ3) is 6.67. The number of alkyl halides is 3. The van der Waals surface area contributed by atoms with Crippen LogP contribution in [-0.2, 0) is 4.74 Å². The standard InChI is InChI=1S/C26H33F3N4O3/c1-16-3-4-21(31-25(35)33-7-5-18(13-33)12-26(27,28)29)11-22(16)20-9-23(19-6-8-36-15-19)32-24(10-20)30-17(2)14-34/h3-4,9-11,17-19,34H,5-8,12-15H2,1-2H3,(H,30,32)(H,31,35)/t17?,18-,19?/m0/s1. The zero-order chi connectivity index (χ0) is 25.9. The minimum Gasteiger partial charge on any atom is -0.394 e. The van der Waals surface area contributed by atoms with Gasteiger partial charge in [0.2, 0.25) is 0 Å². The highest BCUT2D eigenvalue weighted by Gasteiger charge is 2.36. The summed E-state index contributed by atoms with van der Waals surface area (Å²) in [7, 11) is 0. The molecular formula is C26H33F3N4O3. The molecule has 0 saturated carbocycles. The Balaban J connectivity index is 1.55. The minimum atomic E-state index is -4.22. The Labute approximate surface area is 209 Å². The molecule has 2 aromatic rings. The number of aryl methyl sites for hydroxylation is 1. The molecule has 2 unspecified atom stereocenters. The summed E-state index contributed by atoms with van der Waals surface area (Å²) in [4.78, 5) is 19.0. The summed E-state index contributed by atoms with van der Waals surface area (Å²) in [6, 6.07) is 8.95. The van der Waals surface area contributed by atoms with E-state index in [0.717, 1.165) is 28.8 Å². The molecule has 2 amide bonds. The summed E-state index contributed by atoms with van der Waals surface area (Å²) in [5.41, 5.74) is 4.30. The monoisotopic (exact) mass is 506 g/mol. The minimum absolute atomic E-state index is 0.0331. The van der Waals surface area contributed by atoms with Gasteiger partial charge in [0.25, 0.3) is 0 Å². The maximum absolute atomic E-state index is 12.8. The van der Waals surface area contributed by atoms with Gasteiger partial charge >= 0.3 is 12.2 Å². The summed E-state index contributed by atoms with van der Waals surface area (Å²) >= 11 is 0. The van der Waals surface area contributed by atoms with Gasteiger partial charge in [0, 0.05) is 49.5 Å². The maximum atomic E-state index is 12.8. The molecule has 0 bridgehead atoms. The number of nitrogens with one attached hydrogen (secondary N) is 2. The number of amides is 2. The van der Waals surface area contributed by atoms with Crippen LogP contribution in [0.25, 0.3) is 11.1 Å². The summed E-state index contributed by atoms with van der Waals surface area (Å²) < 4.78 is 43.7. The van der Waals surface area contributed by atoms with E-state index >= 15 is 0 Å². The lowest BCUT2D eigenvalue weighted by molar-refractivity contribution is -0.143. The van der Waals surface area contributed by atoms with Gasteiger partial charge in [-0.1, -0.05) is 6.07 Å². The smallest absolute Gasteiger partial charge is 0.389 e. The van der Waals surface area contributed by atoms with Crippen molar-refractivity contribution in [1.82, 2.24) is 9.88 Å². The quantitative estimate of drug-likeness (QED) is 0.483. The van der Waals surface area contributed by atoms with E-state index in [1.165, 1.54) is 4.90 Å². The van der Waals surface area contributed by atoms with Crippen molar-refractivity contribution in [3.8, 4) is 11.1 Å². The Morgan fingerprint density at radius 3 is 2.78 bits per heavy atom. The Hall–Kier alpha value is -2.85. The largest absolute Gasteiger partial charge is 0.394 e. The molecule has 3 heterocycles. The summed E-state index contributed by atoms with van der Waals surface area (Å²) in [6.45, 7) is 5.50. The third-order valence-corrected chi connectivity index (χ3v) is 6.75. The van der Waals surface area contributed by atoms with Crippen molar-refractivity contribution in [3.63, 3.8) is 0 Å². The number of halogens is 3. The van der Waals surface area contributed by atoms with Gasteiger partial charge < -0.3 is 25.4 Å². The number of anilines is 2. The molecule has 196 valence electrons. The SMILES string of the molecule is Cc1ccc(NC(=O)N2CC[C@@H](CC(F)(F)F)C2)cc1-c1cc(NC(C)CO)nc(C2CCOC2)c1. The van der Waals surface area contributed by atoms with Gasteiger partial charge in [0.15, 0.2) is 0 Å². The summed E-state index contributed by atoms with van der Waals surface area (Å²) in [5, 5.41) is 15.6. The normalized spacial score (nSPS) is 21.0. The van der Waals surface area contributed by atoms with Crippen LogP contribution in [0.2, 0.25) is 0 Å². The van der Waals surface area contributed by atoms with Gasteiger partial charge in [-0.05, 0) is 73.6 Å². The summed E-state index contributed by atoms with van der Waals surface area (Å²) in [6.07, 6.45) is -3.86. The van der Waals surface area contributed by atoms with E-state index in [1.807, 2.05) is 38.1 Å². The predicted molar refractivity (Wildman–Crippen MR) is 132 cm³/mol. The summed E-state index contributed by atoms with van der Waals surface area (Å²) in [5.74, 6) is 0.266. The van der Waals surface area contributed by atoms with Gasteiger partial charge in [0.1, 0.15) is 5.82 Å². The van der Waals surface area contributed by atoms with E-state index in [4.69, 9.17) is 9.72 Å². The highest BCUT2D eigenvalue weighted by molar-refractivity contribution is 5.90. The van der Waals surface area contributed by atoms with Crippen molar-refractivity contribution >= 4 is 17.5 Å². The molecule has 2 aliphatic rings. The van der Waals surface area contributed by atoms with Crippen molar-refractivity contribution in [2.45, 2.75) is 51.2 Å². The lowest BCUT2D eigenvalue weighted by atomic mass is 9.96. The Bertz CT molecular complexity index is 1070. The van der Waals surface area contributed by atoms with Gasteiger partial charge in [0.05, 0.1) is 13.2 Å². The van der Waals surface area contributed by atoms with Gasteiger partial charge in [-0.3, -0.25) is 0 Å². The molecule has 2 fully saturated rings. The van der Waals surface area contributed by atoms with E-state index in [0.29, 0.717) is 37.7 Å². The molecular weight excluding hydrogens is 473 g/mol. The number of rotatable bonds is 7. The van der Waals surface area contributed by atoms with Gasteiger partial charge in [-0.25, -0.2) is 9.78 Å². The molecule has 0 spiro atoms. The van der Waals surface area contributed by atoms with Crippen LogP contribution in [0.4, 0.5) is 29.5 Å². The Kier molecular flexibility index (Phi) is 8.04. The van der Waals surface area contributed by atoms with Crippen molar-refractivity contribution in [3.05, 3.63) is 41.6 Å². The first-order valence-electron chi connectivity index (χ1n) is 12.3. The number of hydrogen-bond acceptors (Lipinski definition) is 5. The molecule has 3 N–H and O–H groups in total. The van der Waals surface area contributed by atoms with Crippen molar-refractivity contribution < 1.29 is 27.8 Å². The average Bonchev–Trinajstić information content (AvgIpc) is 3.51. The Morgan fingerprint density at radius 1 is 1.28 bits per heavy atom. The molecule has 1 aromatic heterocycles. The number of pyridine rings is 1. The fourth-order valence-electron chi connectivity index (χ4n) is 4.78. The molecule has 1 aromatic carbocycles. The number of aromatic nitrogens is 1. The molecule has 0 radical (unpaired) electrons. The number of carbonyl (C=O) groups is 1. The highest BCUT2D eigenvalue weighted by atomic mass is 19.4. The van der Waals surface area contributed by atoms with Crippen LogP contribution in [-0.4, -0.2) is 66.1 Å². The first-order valence-corrected chi connectivity index (χ1v) is 12.3. The van der Waals surface area contributed by atoms with E-state index < -0.39 is 24.5 Å². The molecule has 2 aliphatic heterocycles. The number of carbonyl (C=O) groups excluding carboxylic acids is 1. The first-order chi connectivity index (χ1) is 17.1. The molecule has 4 rings (SSSR count). The second-order valence-corrected chi connectivity index (χ2v) is 9.83. The first kappa shape index (κ1) is 26.2. The van der Waals surface area contributed by atoms with Crippen LogP contribution in [0, 0.1) is 12.8 Å². The van der Waals surface area contributed by atoms with Crippen LogP contribution in [0.15, 0.2) is 30.3 Å². The second-order valence-electron chi connectivity index (χ2n) is 9.83. The molecule has 3 atom stereocenters. The number of ether oxygens (including phenoxy) is 1. The van der Waals surface area contributed by atoms with E-state index in [-0.39, 0.29) is 25.1 Å². The van der Waals surface area contributed by atoms with E-state index in [1.54, 1.807) is 6.07 Å². The van der Waals surface area contributed by atoms with Crippen molar-refractivity contribution in [1.29, 1.82) is 0 Å². The molecule has 10 heteroatoms. The van der Waals surface area contributed by atoms with Crippen molar-refractivity contribution in [2.24, 2.45) is 5.92 Å². The zero-order valence-corrected chi connectivity index (χ0v) is 20.6. The lowest BCUT2D eigenvalue weighted by Gasteiger charge is -2.19. The van der Waals surface area contributed by atoms with Gasteiger partial charge in [-0.15, -0.1) is 0 Å². The lowest BCUT2D eigenvalue weighted by Crippen LogP contribution is -2.33. The number of benzene rings is 1. The second kappa shape index (κ2) is 11.0. The van der Waals surface area contributed by atoms with E-state index in [9.17, 15) is 23.1 Å².